The predicted octanol–water partition coefficient (Wildman–Crippen LogP) is 1.94. The molecule has 1 rings (SSSR count). The number of rotatable bonds is 5. The average Bonchev–Trinajstić information content (AvgIpc) is 2.28. The highest BCUT2D eigenvalue weighted by Crippen LogP contribution is 2.12. The van der Waals surface area contributed by atoms with Crippen LogP contribution in [0.1, 0.15) is 12.5 Å². The minimum atomic E-state index is -0.0676. The lowest BCUT2D eigenvalue weighted by Crippen LogP contribution is -2.07. The molecule has 0 spiro atoms. The van der Waals surface area contributed by atoms with Gasteiger partial charge in [0.2, 0.25) is 0 Å². The predicted molar refractivity (Wildman–Crippen MR) is 59.5 cm³/mol. The lowest BCUT2D eigenvalue weighted by atomic mass is 10.2. The first-order valence-corrected chi connectivity index (χ1v) is 5.02. The van der Waals surface area contributed by atoms with Crippen molar-refractivity contribution < 1.29 is 4.74 Å². The Labute approximate surface area is 90.7 Å². The van der Waals surface area contributed by atoms with Gasteiger partial charge in [0.25, 0.3) is 0 Å². The normalized spacial score (nSPS) is 11.8. The molecule has 1 atom stereocenters. The Morgan fingerprint density at radius 2 is 2.07 bits per heavy atom. The van der Waals surface area contributed by atoms with Crippen LogP contribution in [0.2, 0.25) is 0 Å². The fourth-order valence-electron chi connectivity index (χ4n) is 1.17. The fraction of sp³-hybridized carbons (Fsp3) is 0.417. The van der Waals surface area contributed by atoms with E-state index in [-0.39, 0.29) is 5.92 Å². The van der Waals surface area contributed by atoms with Gasteiger partial charge in [-0.1, -0.05) is 12.1 Å². The number of hydrogen-bond donors (Lipinski definition) is 1. The van der Waals surface area contributed by atoms with E-state index >= 15 is 0 Å². The van der Waals surface area contributed by atoms with Crippen molar-refractivity contribution in [3.8, 4) is 11.8 Å². The van der Waals surface area contributed by atoms with Gasteiger partial charge in [-0.15, -0.1) is 0 Å². The minimum Gasteiger partial charge on any atom is -0.492 e. The molecule has 3 nitrogen and oxygen atoms in total. The molecule has 0 saturated heterocycles. The van der Waals surface area contributed by atoms with Gasteiger partial charge >= 0.3 is 0 Å². The molecule has 0 heterocycles. The number of hydrogen-bond acceptors (Lipinski definition) is 3. The van der Waals surface area contributed by atoms with Gasteiger partial charge in [0.05, 0.1) is 12.0 Å². The zero-order valence-corrected chi connectivity index (χ0v) is 9.16. The Bertz CT molecular complexity index is 326. The molecule has 0 amide bonds. The molecule has 0 aliphatic carbocycles. The summed E-state index contributed by atoms with van der Waals surface area (Å²) >= 11 is 0. The van der Waals surface area contributed by atoms with Crippen molar-refractivity contribution in [2.75, 3.05) is 13.7 Å². The SMILES string of the molecule is CNCc1ccc(OCC(C)C#N)cc1. The maximum atomic E-state index is 8.59. The molecular weight excluding hydrogens is 188 g/mol. The summed E-state index contributed by atoms with van der Waals surface area (Å²) in [5, 5.41) is 11.7. The molecule has 80 valence electrons. The first kappa shape index (κ1) is 11.5. The molecule has 1 aromatic carbocycles. The quantitative estimate of drug-likeness (QED) is 0.797. The summed E-state index contributed by atoms with van der Waals surface area (Å²) in [5.41, 5.74) is 1.22. The maximum Gasteiger partial charge on any atom is 0.119 e. The Morgan fingerprint density at radius 3 is 2.60 bits per heavy atom. The van der Waals surface area contributed by atoms with Crippen LogP contribution in [0, 0.1) is 17.2 Å². The highest BCUT2D eigenvalue weighted by atomic mass is 16.5. The van der Waals surface area contributed by atoms with E-state index in [1.165, 1.54) is 5.56 Å². The molecule has 0 radical (unpaired) electrons. The molecular formula is C12H16N2O. The van der Waals surface area contributed by atoms with E-state index < -0.39 is 0 Å². The van der Waals surface area contributed by atoms with Crippen LogP contribution in [0.25, 0.3) is 0 Å². The van der Waals surface area contributed by atoms with Crippen LogP contribution in [-0.4, -0.2) is 13.7 Å². The van der Waals surface area contributed by atoms with Crippen LogP contribution in [0.3, 0.4) is 0 Å². The molecule has 0 bridgehead atoms. The summed E-state index contributed by atoms with van der Waals surface area (Å²) in [6.45, 7) is 3.14. The highest BCUT2D eigenvalue weighted by molar-refractivity contribution is 5.27. The van der Waals surface area contributed by atoms with E-state index in [1.54, 1.807) is 0 Å². The monoisotopic (exact) mass is 204 g/mol. The summed E-state index contributed by atoms with van der Waals surface area (Å²) in [6, 6.07) is 10.0. The highest BCUT2D eigenvalue weighted by Gasteiger charge is 2.00. The van der Waals surface area contributed by atoms with Crippen molar-refractivity contribution >= 4 is 0 Å². The molecule has 1 unspecified atom stereocenters. The fourth-order valence-corrected chi connectivity index (χ4v) is 1.17. The first-order valence-electron chi connectivity index (χ1n) is 5.02. The molecule has 0 aliphatic rings. The standard InChI is InChI=1S/C12H16N2O/c1-10(7-13)9-15-12-5-3-11(4-6-12)8-14-2/h3-6,10,14H,8-9H2,1-2H3. The van der Waals surface area contributed by atoms with Crippen LogP contribution in [0.5, 0.6) is 5.75 Å². The van der Waals surface area contributed by atoms with Gasteiger partial charge in [-0.05, 0) is 31.7 Å². The van der Waals surface area contributed by atoms with Crippen molar-refractivity contribution in [3.05, 3.63) is 29.8 Å². The molecule has 0 fully saturated rings. The summed E-state index contributed by atoms with van der Waals surface area (Å²) in [5.74, 6) is 0.749. The van der Waals surface area contributed by atoms with E-state index in [0.717, 1.165) is 12.3 Å². The van der Waals surface area contributed by atoms with Gasteiger partial charge in [0.1, 0.15) is 12.4 Å². The van der Waals surface area contributed by atoms with E-state index in [1.807, 2.05) is 38.2 Å². The molecule has 0 saturated carbocycles. The summed E-state index contributed by atoms with van der Waals surface area (Å²) in [4.78, 5) is 0. The van der Waals surface area contributed by atoms with E-state index in [2.05, 4.69) is 11.4 Å². The Hall–Kier alpha value is -1.53. The van der Waals surface area contributed by atoms with Crippen molar-refractivity contribution in [2.24, 2.45) is 5.92 Å². The largest absolute Gasteiger partial charge is 0.492 e. The van der Waals surface area contributed by atoms with Crippen LogP contribution in [-0.2, 0) is 6.54 Å². The zero-order chi connectivity index (χ0) is 11.1. The lowest BCUT2D eigenvalue weighted by molar-refractivity contribution is 0.288. The molecule has 15 heavy (non-hydrogen) atoms. The lowest BCUT2D eigenvalue weighted by Gasteiger charge is -2.07. The molecule has 0 aliphatic heterocycles. The van der Waals surface area contributed by atoms with Gasteiger partial charge < -0.3 is 10.1 Å². The van der Waals surface area contributed by atoms with Gasteiger partial charge in [-0.25, -0.2) is 0 Å². The van der Waals surface area contributed by atoms with Gasteiger partial charge in [0.15, 0.2) is 0 Å². The van der Waals surface area contributed by atoms with Gasteiger partial charge in [-0.3, -0.25) is 0 Å². The average molecular weight is 204 g/mol. The van der Waals surface area contributed by atoms with Crippen LogP contribution in [0.15, 0.2) is 24.3 Å². The summed E-state index contributed by atoms with van der Waals surface area (Å²) in [7, 11) is 1.92. The van der Waals surface area contributed by atoms with Crippen molar-refractivity contribution in [2.45, 2.75) is 13.5 Å². The first-order chi connectivity index (χ1) is 7.26. The summed E-state index contributed by atoms with van der Waals surface area (Å²) in [6.07, 6.45) is 0. The van der Waals surface area contributed by atoms with Crippen molar-refractivity contribution in [1.29, 1.82) is 5.26 Å². The van der Waals surface area contributed by atoms with Crippen LogP contribution < -0.4 is 10.1 Å². The van der Waals surface area contributed by atoms with Crippen LogP contribution >= 0.6 is 0 Å². The molecule has 3 heteroatoms. The van der Waals surface area contributed by atoms with E-state index in [4.69, 9.17) is 10.00 Å². The second-order valence-electron chi connectivity index (χ2n) is 3.52. The molecule has 1 N–H and O–H groups in total. The second-order valence-corrected chi connectivity index (χ2v) is 3.52. The third kappa shape index (κ3) is 4.01. The summed E-state index contributed by atoms with van der Waals surface area (Å²) < 4.78 is 5.45. The number of nitrogens with zero attached hydrogens (tertiary/aromatic N) is 1. The smallest absolute Gasteiger partial charge is 0.119 e. The van der Waals surface area contributed by atoms with Crippen LogP contribution in [0.4, 0.5) is 0 Å². The molecule has 0 aromatic heterocycles. The Morgan fingerprint density at radius 1 is 1.40 bits per heavy atom. The third-order valence-electron chi connectivity index (χ3n) is 2.02. The minimum absolute atomic E-state index is 0.0676. The van der Waals surface area contributed by atoms with Gasteiger partial charge in [0, 0.05) is 6.54 Å². The Kier molecular flexibility index (Phi) is 4.65. The maximum absolute atomic E-state index is 8.59. The Balaban J connectivity index is 2.46. The van der Waals surface area contributed by atoms with E-state index in [0.29, 0.717) is 6.61 Å². The van der Waals surface area contributed by atoms with Crippen molar-refractivity contribution in [1.82, 2.24) is 5.32 Å². The number of nitrogens with one attached hydrogen (secondary N) is 1. The second kappa shape index (κ2) is 6.05. The van der Waals surface area contributed by atoms with Crippen molar-refractivity contribution in [3.63, 3.8) is 0 Å². The molecule has 1 aromatic rings. The topological polar surface area (TPSA) is 45.0 Å². The number of benzene rings is 1. The van der Waals surface area contributed by atoms with Gasteiger partial charge in [-0.2, -0.15) is 5.26 Å². The number of ether oxygens (including phenoxy) is 1. The third-order valence-corrected chi connectivity index (χ3v) is 2.02. The van der Waals surface area contributed by atoms with E-state index in [9.17, 15) is 0 Å². The number of nitriles is 1. The zero-order valence-electron chi connectivity index (χ0n) is 9.16.